The summed E-state index contributed by atoms with van der Waals surface area (Å²) in [6, 6.07) is 14.4. The van der Waals surface area contributed by atoms with E-state index < -0.39 is 10.0 Å². The lowest BCUT2D eigenvalue weighted by atomic mass is 10.1. The fourth-order valence-corrected chi connectivity index (χ4v) is 4.23. The molecule has 0 N–H and O–H groups in total. The van der Waals surface area contributed by atoms with E-state index in [1.165, 1.54) is 4.31 Å². The zero-order valence-corrected chi connectivity index (χ0v) is 14.6. The van der Waals surface area contributed by atoms with Gasteiger partial charge in [-0.3, -0.25) is 4.79 Å². The van der Waals surface area contributed by atoms with Gasteiger partial charge in [-0.2, -0.15) is 4.31 Å². The summed E-state index contributed by atoms with van der Waals surface area (Å²) in [6.07, 6.45) is 0. The number of carbonyl (C=O) groups is 1. The van der Waals surface area contributed by atoms with E-state index in [9.17, 15) is 13.2 Å². The van der Waals surface area contributed by atoms with Crippen LogP contribution in [-0.2, 0) is 14.8 Å². The first-order chi connectivity index (χ1) is 11.4. The third kappa shape index (κ3) is 3.07. The molecule has 0 aromatic heterocycles. The van der Waals surface area contributed by atoms with Crippen LogP contribution >= 0.6 is 0 Å². The minimum atomic E-state index is -3.65. The van der Waals surface area contributed by atoms with Crippen molar-refractivity contribution >= 4 is 21.6 Å². The number of anilines is 1. The molecule has 1 heterocycles. The molecule has 2 aromatic rings. The van der Waals surface area contributed by atoms with E-state index >= 15 is 0 Å². The van der Waals surface area contributed by atoms with Crippen molar-refractivity contribution in [3.05, 3.63) is 59.7 Å². The maximum Gasteiger partial charge on any atom is 0.243 e. The molecule has 1 fully saturated rings. The number of hydrogen-bond donors (Lipinski definition) is 0. The first-order valence-electron chi connectivity index (χ1n) is 7.82. The van der Waals surface area contributed by atoms with Gasteiger partial charge in [0.05, 0.1) is 11.4 Å². The van der Waals surface area contributed by atoms with Crippen LogP contribution in [0, 0.1) is 13.8 Å². The molecule has 0 aliphatic carbocycles. The van der Waals surface area contributed by atoms with Crippen molar-refractivity contribution in [3.8, 4) is 0 Å². The van der Waals surface area contributed by atoms with Crippen molar-refractivity contribution in [1.29, 1.82) is 0 Å². The van der Waals surface area contributed by atoms with Gasteiger partial charge in [-0.15, -0.1) is 0 Å². The quantitative estimate of drug-likeness (QED) is 0.859. The van der Waals surface area contributed by atoms with Crippen molar-refractivity contribution in [2.24, 2.45) is 0 Å². The van der Waals surface area contributed by atoms with Crippen LogP contribution in [0.15, 0.2) is 53.4 Å². The number of rotatable bonds is 3. The molecule has 1 aliphatic rings. The van der Waals surface area contributed by atoms with Crippen molar-refractivity contribution in [2.75, 3.05) is 24.5 Å². The van der Waals surface area contributed by atoms with Crippen LogP contribution in [0.2, 0.25) is 0 Å². The monoisotopic (exact) mass is 344 g/mol. The van der Waals surface area contributed by atoms with Crippen LogP contribution in [-0.4, -0.2) is 38.3 Å². The van der Waals surface area contributed by atoms with Gasteiger partial charge >= 0.3 is 0 Å². The Kier molecular flexibility index (Phi) is 4.43. The molecule has 0 radical (unpaired) electrons. The standard InChI is InChI=1S/C18H20N2O3S/c1-14-8-9-17(12-15(14)2)24(22,23)19-10-11-20(18(21)13-19)16-6-4-3-5-7-16/h3-9,12H,10-11,13H2,1-2H3. The molecule has 0 unspecified atom stereocenters. The zero-order valence-electron chi connectivity index (χ0n) is 13.8. The third-order valence-electron chi connectivity index (χ3n) is 4.37. The summed E-state index contributed by atoms with van der Waals surface area (Å²) in [5.41, 5.74) is 2.76. The van der Waals surface area contributed by atoms with Gasteiger partial charge in [0, 0.05) is 18.8 Å². The zero-order chi connectivity index (χ0) is 17.3. The van der Waals surface area contributed by atoms with Gasteiger partial charge in [-0.1, -0.05) is 24.3 Å². The number of nitrogens with zero attached hydrogens (tertiary/aromatic N) is 2. The summed E-state index contributed by atoms with van der Waals surface area (Å²) in [7, 11) is -3.65. The Balaban J connectivity index is 1.82. The first kappa shape index (κ1) is 16.7. The van der Waals surface area contributed by atoms with E-state index in [-0.39, 0.29) is 23.9 Å². The normalized spacial score (nSPS) is 16.4. The molecule has 6 heteroatoms. The van der Waals surface area contributed by atoms with Crippen LogP contribution < -0.4 is 4.90 Å². The molecule has 0 saturated carbocycles. The highest BCUT2D eigenvalue weighted by Gasteiger charge is 2.33. The van der Waals surface area contributed by atoms with Crippen LogP contribution in [0.25, 0.3) is 0 Å². The topological polar surface area (TPSA) is 57.7 Å². The lowest BCUT2D eigenvalue weighted by molar-refractivity contribution is -0.119. The largest absolute Gasteiger partial charge is 0.310 e. The number of hydrogen-bond acceptors (Lipinski definition) is 3. The summed E-state index contributed by atoms with van der Waals surface area (Å²) in [5, 5.41) is 0. The van der Waals surface area contributed by atoms with Crippen molar-refractivity contribution in [2.45, 2.75) is 18.7 Å². The number of carbonyl (C=O) groups excluding carboxylic acids is 1. The molecule has 1 saturated heterocycles. The summed E-state index contributed by atoms with van der Waals surface area (Å²) in [5.74, 6) is -0.208. The fourth-order valence-electron chi connectivity index (χ4n) is 2.76. The predicted octanol–water partition coefficient (Wildman–Crippen LogP) is 2.34. The smallest absolute Gasteiger partial charge is 0.243 e. The summed E-state index contributed by atoms with van der Waals surface area (Å²) in [4.78, 5) is 14.3. The minimum Gasteiger partial charge on any atom is -0.310 e. The Morgan fingerprint density at radius 3 is 2.25 bits per heavy atom. The molecule has 0 spiro atoms. The number of benzene rings is 2. The lowest BCUT2D eigenvalue weighted by Gasteiger charge is -2.33. The minimum absolute atomic E-state index is 0.135. The molecule has 3 rings (SSSR count). The van der Waals surface area contributed by atoms with Gasteiger partial charge in [0.15, 0.2) is 0 Å². The van der Waals surface area contributed by atoms with Gasteiger partial charge in [0.2, 0.25) is 15.9 Å². The van der Waals surface area contributed by atoms with Crippen LogP contribution in [0.3, 0.4) is 0 Å². The number of piperazine rings is 1. The summed E-state index contributed by atoms with van der Waals surface area (Å²) < 4.78 is 26.9. The fraction of sp³-hybridized carbons (Fsp3) is 0.278. The van der Waals surface area contributed by atoms with E-state index in [2.05, 4.69) is 0 Å². The Bertz CT molecular complexity index is 863. The molecule has 2 aromatic carbocycles. The van der Waals surface area contributed by atoms with Crippen LogP contribution in [0.1, 0.15) is 11.1 Å². The summed E-state index contributed by atoms with van der Waals surface area (Å²) in [6.45, 7) is 4.33. The Morgan fingerprint density at radius 2 is 1.62 bits per heavy atom. The first-order valence-corrected chi connectivity index (χ1v) is 9.26. The van der Waals surface area contributed by atoms with Gasteiger partial charge in [0.1, 0.15) is 0 Å². The molecule has 1 amide bonds. The SMILES string of the molecule is Cc1ccc(S(=O)(=O)N2CCN(c3ccccc3)C(=O)C2)cc1C. The van der Waals surface area contributed by atoms with E-state index in [4.69, 9.17) is 0 Å². The van der Waals surface area contributed by atoms with Crippen molar-refractivity contribution < 1.29 is 13.2 Å². The maximum absolute atomic E-state index is 12.8. The molecule has 126 valence electrons. The predicted molar refractivity (Wildman–Crippen MR) is 93.5 cm³/mol. The molecule has 0 atom stereocenters. The highest BCUT2D eigenvalue weighted by Crippen LogP contribution is 2.23. The summed E-state index contributed by atoms with van der Waals surface area (Å²) >= 11 is 0. The Hall–Kier alpha value is -2.18. The second-order valence-electron chi connectivity index (χ2n) is 5.97. The number of para-hydroxylation sites is 1. The molecule has 5 nitrogen and oxygen atoms in total. The van der Waals surface area contributed by atoms with E-state index in [0.29, 0.717) is 6.54 Å². The average molecular weight is 344 g/mol. The second-order valence-corrected chi connectivity index (χ2v) is 7.90. The average Bonchev–Trinajstić information content (AvgIpc) is 2.58. The van der Waals surface area contributed by atoms with Crippen molar-refractivity contribution in [3.63, 3.8) is 0 Å². The lowest BCUT2D eigenvalue weighted by Crippen LogP contribution is -2.52. The second kappa shape index (κ2) is 6.37. The molecule has 24 heavy (non-hydrogen) atoms. The van der Waals surface area contributed by atoms with Gasteiger partial charge in [-0.05, 0) is 49.2 Å². The number of sulfonamides is 1. The third-order valence-corrected chi connectivity index (χ3v) is 6.21. The molecule has 1 aliphatic heterocycles. The molecular formula is C18H20N2O3S. The van der Waals surface area contributed by atoms with Crippen LogP contribution in [0.4, 0.5) is 5.69 Å². The van der Waals surface area contributed by atoms with Crippen LogP contribution in [0.5, 0.6) is 0 Å². The van der Waals surface area contributed by atoms with Gasteiger partial charge in [-0.25, -0.2) is 8.42 Å². The van der Waals surface area contributed by atoms with Gasteiger partial charge in [0.25, 0.3) is 0 Å². The highest BCUT2D eigenvalue weighted by molar-refractivity contribution is 7.89. The number of amides is 1. The Morgan fingerprint density at radius 1 is 0.917 bits per heavy atom. The number of aryl methyl sites for hydroxylation is 2. The molecular weight excluding hydrogens is 324 g/mol. The maximum atomic E-state index is 12.8. The van der Waals surface area contributed by atoms with E-state index in [1.54, 1.807) is 23.1 Å². The van der Waals surface area contributed by atoms with E-state index in [0.717, 1.165) is 16.8 Å². The molecule has 0 bridgehead atoms. The van der Waals surface area contributed by atoms with E-state index in [1.807, 2.05) is 44.2 Å². The Labute approximate surface area is 142 Å². The highest BCUT2D eigenvalue weighted by atomic mass is 32.2. The van der Waals surface area contributed by atoms with Crippen molar-refractivity contribution in [1.82, 2.24) is 4.31 Å². The van der Waals surface area contributed by atoms with Gasteiger partial charge < -0.3 is 4.90 Å².